The first kappa shape index (κ1) is 14.7. The molecule has 17 heavy (non-hydrogen) atoms. The van der Waals surface area contributed by atoms with Crippen LogP contribution in [0.5, 0.6) is 0 Å². The zero-order valence-corrected chi connectivity index (χ0v) is 11.7. The first-order valence-electron chi connectivity index (χ1n) is 6.89. The van der Waals surface area contributed by atoms with Crippen LogP contribution in [0, 0.1) is 5.92 Å². The number of hydrogen-bond donors (Lipinski definition) is 0. The molecule has 1 saturated heterocycles. The van der Waals surface area contributed by atoms with E-state index in [0.29, 0.717) is 25.0 Å². The van der Waals surface area contributed by atoms with E-state index in [1.807, 2.05) is 0 Å². The van der Waals surface area contributed by atoms with E-state index in [4.69, 9.17) is 4.74 Å². The van der Waals surface area contributed by atoms with Gasteiger partial charge in [-0.2, -0.15) is 0 Å². The normalized spacial score (nSPS) is 22.4. The number of carbonyl (C=O) groups excluding carboxylic acids is 1. The van der Waals surface area contributed by atoms with Gasteiger partial charge in [0.05, 0.1) is 6.61 Å². The fourth-order valence-corrected chi connectivity index (χ4v) is 2.18. The third kappa shape index (κ3) is 5.17. The molecule has 0 saturated carbocycles. The highest BCUT2D eigenvalue weighted by atomic mass is 16.5. The second-order valence-electron chi connectivity index (χ2n) is 5.70. The number of carbonyl (C=O) groups is 1. The summed E-state index contributed by atoms with van der Waals surface area (Å²) in [5.74, 6) is 0.971. The molecule has 0 amide bonds. The molecule has 0 aromatic carbocycles. The predicted octanol–water partition coefficient (Wildman–Crippen LogP) is 2.49. The highest BCUT2D eigenvalue weighted by molar-refractivity contribution is 5.83. The van der Waals surface area contributed by atoms with Gasteiger partial charge in [0.25, 0.3) is 0 Å². The Morgan fingerprint density at radius 2 is 2.06 bits per heavy atom. The van der Waals surface area contributed by atoms with Gasteiger partial charge in [0.2, 0.25) is 0 Å². The Labute approximate surface area is 106 Å². The lowest BCUT2D eigenvalue weighted by molar-refractivity contribution is -0.137. The molecule has 1 atom stereocenters. The van der Waals surface area contributed by atoms with Crippen molar-refractivity contribution in [2.24, 2.45) is 5.92 Å². The molecule has 0 bridgehead atoms. The van der Waals surface area contributed by atoms with E-state index in [0.717, 1.165) is 25.9 Å². The standard InChI is InChI=1S/C14H27NO2/c1-11(2)6-5-7-13(16)14-10-15(12(3)4)8-9-17-14/h11-12,14H,5-10H2,1-4H3. The van der Waals surface area contributed by atoms with Crippen molar-refractivity contribution in [2.75, 3.05) is 19.7 Å². The van der Waals surface area contributed by atoms with Gasteiger partial charge in [0, 0.05) is 25.6 Å². The SMILES string of the molecule is CC(C)CCCC(=O)C1CN(C(C)C)CCO1. The second-order valence-corrected chi connectivity index (χ2v) is 5.70. The number of ketones is 1. The lowest BCUT2D eigenvalue weighted by Crippen LogP contribution is -2.48. The molecular formula is C14H27NO2. The third-order valence-electron chi connectivity index (χ3n) is 3.39. The van der Waals surface area contributed by atoms with Gasteiger partial charge in [0.1, 0.15) is 6.10 Å². The quantitative estimate of drug-likeness (QED) is 0.715. The van der Waals surface area contributed by atoms with Crippen molar-refractivity contribution in [3.8, 4) is 0 Å². The van der Waals surface area contributed by atoms with Gasteiger partial charge in [-0.3, -0.25) is 9.69 Å². The van der Waals surface area contributed by atoms with Crippen LogP contribution in [-0.4, -0.2) is 42.5 Å². The van der Waals surface area contributed by atoms with E-state index in [1.54, 1.807) is 0 Å². The molecule has 0 radical (unpaired) electrons. The molecule has 0 N–H and O–H groups in total. The van der Waals surface area contributed by atoms with E-state index >= 15 is 0 Å². The molecule has 1 rings (SSSR count). The van der Waals surface area contributed by atoms with E-state index in [1.165, 1.54) is 0 Å². The maximum atomic E-state index is 12.0. The predicted molar refractivity (Wildman–Crippen MR) is 70.1 cm³/mol. The zero-order valence-electron chi connectivity index (χ0n) is 11.7. The van der Waals surface area contributed by atoms with Gasteiger partial charge in [-0.15, -0.1) is 0 Å². The molecule has 0 aromatic rings. The van der Waals surface area contributed by atoms with Crippen molar-refractivity contribution in [2.45, 2.75) is 59.1 Å². The van der Waals surface area contributed by atoms with Crippen LogP contribution in [0.1, 0.15) is 47.0 Å². The maximum absolute atomic E-state index is 12.0. The summed E-state index contributed by atoms with van der Waals surface area (Å²) >= 11 is 0. The number of ether oxygens (including phenoxy) is 1. The van der Waals surface area contributed by atoms with Crippen molar-refractivity contribution < 1.29 is 9.53 Å². The van der Waals surface area contributed by atoms with E-state index in [2.05, 4.69) is 32.6 Å². The fourth-order valence-electron chi connectivity index (χ4n) is 2.18. The van der Waals surface area contributed by atoms with Crippen LogP contribution < -0.4 is 0 Å². The van der Waals surface area contributed by atoms with Gasteiger partial charge in [-0.1, -0.05) is 20.3 Å². The van der Waals surface area contributed by atoms with Crippen LogP contribution in [0.3, 0.4) is 0 Å². The summed E-state index contributed by atoms with van der Waals surface area (Å²) in [5.41, 5.74) is 0. The molecule has 3 nitrogen and oxygen atoms in total. The lowest BCUT2D eigenvalue weighted by Gasteiger charge is -2.34. The smallest absolute Gasteiger partial charge is 0.162 e. The Balaban J connectivity index is 2.31. The average Bonchev–Trinajstić information content (AvgIpc) is 2.28. The first-order chi connectivity index (χ1) is 8.00. The molecule has 3 heteroatoms. The van der Waals surface area contributed by atoms with Crippen LogP contribution in [-0.2, 0) is 9.53 Å². The summed E-state index contributed by atoms with van der Waals surface area (Å²) < 4.78 is 5.59. The summed E-state index contributed by atoms with van der Waals surface area (Å²) in [6.07, 6.45) is 2.62. The molecule has 0 aromatic heterocycles. The Morgan fingerprint density at radius 1 is 1.35 bits per heavy atom. The minimum absolute atomic E-state index is 0.182. The third-order valence-corrected chi connectivity index (χ3v) is 3.39. The monoisotopic (exact) mass is 241 g/mol. The average molecular weight is 241 g/mol. The molecule has 0 aliphatic carbocycles. The van der Waals surface area contributed by atoms with E-state index < -0.39 is 0 Å². The Hall–Kier alpha value is -0.410. The summed E-state index contributed by atoms with van der Waals surface area (Å²) in [6, 6.07) is 0.505. The number of nitrogens with zero attached hydrogens (tertiary/aromatic N) is 1. The van der Waals surface area contributed by atoms with Crippen LogP contribution in [0.25, 0.3) is 0 Å². The van der Waals surface area contributed by atoms with Gasteiger partial charge in [-0.05, 0) is 26.2 Å². The highest BCUT2D eigenvalue weighted by Gasteiger charge is 2.27. The Kier molecular flexibility index (Phi) is 6.14. The van der Waals surface area contributed by atoms with Crippen molar-refractivity contribution in [1.82, 2.24) is 4.90 Å². The van der Waals surface area contributed by atoms with Crippen molar-refractivity contribution in [3.05, 3.63) is 0 Å². The van der Waals surface area contributed by atoms with E-state index in [-0.39, 0.29) is 11.9 Å². The summed E-state index contributed by atoms with van der Waals surface area (Å²) in [4.78, 5) is 14.3. The van der Waals surface area contributed by atoms with Gasteiger partial charge in [0.15, 0.2) is 5.78 Å². The number of hydrogen-bond acceptors (Lipinski definition) is 3. The summed E-state index contributed by atoms with van der Waals surface area (Å²) in [6.45, 7) is 11.2. The molecule has 1 heterocycles. The fraction of sp³-hybridized carbons (Fsp3) is 0.929. The van der Waals surface area contributed by atoms with Crippen LogP contribution in [0.15, 0.2) is 0 Å². The first-order valence-corrected chi connectivity index (χ1v) is 6.89. The van der Waals surface area contributed by atoms with Gasteiger partial charge >= 0.3 is 0 Å². The van der Waals surface area contributed by atoms with Crippen LogP contribution in [0.2, 0.25) is 0 Å². The summed E-state index contributed by atoms with van der Waals surface area (Å²) in [7, 11) is 0. The number of rotatable bonds is 6. The van der Waals surface area contributed by atoms with Crippen molar-refractivity contribution in [3.63, 3.8) is 0 Å². The number of morpholine rings is 1. The summed E-state index contributed by atoms with van der Waals surface area (Å²) in [5, 5.41) is 0. The molecule has 1 aliphatic rings. The van der Waals surface area contributed by atoms with Crippen LogP contribution >= 0.6 is 0 Å². The Bertz CT molecular complexity index is 238. The van der Waals surface area contributed by atoms with Gasteiger partial charge in [-0.25, -0.2) is 0 Å². The Morgan fingerprint density at radius 3 is 2.65 bits per heavy atom. The molecule has 1 fully saturated rings. The number of Topliss-reactive ketones (excluding diaryl/α,β-unsaturated/α-hetero) is 1. The molecule has 1 aliphatic heterocycles. The van der Waals surface area contributed by atoms with Crippen LogP contribution in [0.4, 0.5) is 0 Å². The molecule has 1 unspecified atom stereocenters. The van der Waals surface area contributed by atoms with Gasteiger partial charge < -0.3 is 4.74 Å². The van der Waals surface area contributed by atoms with E-state index in [9.17, 15) is 4.79 Å². The van der Waals surface area contributed by atoms with Crippen molar-refractivity contribution in [1.29, 1.82) is 0 Å². The largest absolute Gasteiger partial charge is 0.368 e. The molecule has 0 spiro atoms. The maximum Gasteiger partial charge on any atom is 0.162 e. The minimum Gasteiger partial charge on any atom is -0.368 e. The molecular weight excluding hydrogens is 214 g/mol. The minimum atomic E-state index is -0.182. The topological polar surface area (TPSA) is 29.5 Å². The zero-order chi connectivity index (χ0) is 12.8. The van der Waals surface area contributed by atoms with Crippen molar-refractivity contribution >= 4 is 5.78 Å². The lowest BCUT2D eigenvalue weighted by atomic mass is 10.0. The molecule has 100 valence electrons. The highest BCUT2D eigenvalue weighted by Crippen LogP contribution is 2.13. The second kappa shape index (κ2) is 7.12.